The van der Waals surface area contributed by atoms with Crippen molar-refractivity contribution >= 4 is 6.03 Å². The summed E-state index contributed by atoms with van der Waals surface area (Å²) in [5, 5.41) is 5.98. The van der Waals surface area contributed by atoms with E-state index in [0.717, 1.165) is 5.56 Å². The average Bonchev–Trinajstić information content (AvgIpc) is 2.33. The Morgan fingerprint density at radius 2 is 1.74 bits per heavy atom. The number of carbonyl (C=O) groups excluding carboxylic acids is 1. The zero-order valence-corrected chi connectivity index (χ0v) is 12.7. The van der Waals surface area contributed by atoms with Gasteiger partial charge in [0, 0.05) is 6.54 Å². The van der Waals surface area contributed by atoms with Gasteiger partial charge in [0.15, 0.2) is 0 Å². The first-order chi connectivity index (χ1) is 8.79. The molecule has 0 heterocycles. The molecular weight excluding hydrogens is 236 g/mol. The van der Waals surface area contributed by atoms with E-state index in [9.17, 15) is 4.79 Å². The molecule has 2 amide bonds. The number of nitrogens with one attached hydrogen (secondary N) is 2. The van der Waals surface area contributed by atoms with Crippen molar-refractivity contribution in [2.75, 3.05) is 6.54 Å². The first-order valence-corrected chi connectivity index (χ1v) is 6.89. The highest BCUT2D eigenvalue weighted by Gasteiger charge is 2.19. The van der Waals surface area contributed by atoms with Gasteiger partial charge < -0.3 is 10.6 Å². The van der Waals surface area contributed by atoms with Crippen LogP contribution in [0.3, 0.4) is 0 Å². The summed E-state index contributed by atoms with van der Waals surface area (Å²) in [7, 11) is 0. The molecule has 19 heavy (non-hydrogen) atoms. The van der Waals surface area contributed by atoms with Crippen LogP contribution in [-0.4, -0.2) is 12.6 Å². The lowest BCUT2D eigenvalue weighted by Gasteiger charge is -2.25. The summed E-state index contributed by atoms with van der Waals surface area (Å²) >= 11 is 0. The predicted molar refractivity (Wildman–Crippen MR) is 80.0 cm³/mol. The molecule has 0 saturated heterocycles. The molecule has 0 aliphatic heterocycles. The lowest BCUT2D eigenvalue weighted by molar-refractivity contribution is 0.228. The molecule has 0 spiro atoms. The normalized spacial score (nSPS) is 13.2. The third kappa shape index (κ3) is 5.77. The summed E-state index contributed by atoms with van der Waals surface area (Å²) in [6.45, 7) is 11.2. The smallest absolute Gasteiger partial charge is 0.315 e. The highest BCUT2D eigenvalue weighted by Crippen LogP contribution is 2.21. The average molecular weight is 262 g/mol. The van der Waals surface area contributed by atoms with Crippen LogP contribution in [-0.2, 0) is 0 Å². The summed E-state index contributed by atoms with van der Waals surface area (Å²) in [6.07, 6.45) is 0. The Morgan fingerprint density at radius 3 is 2.21 bits per heavy atom. The molecule has 1 aromatic rings. The standard InChI is InChI=1S/C16H26N2O/c1-12(2)14(13-9-7-6-8-10-13)18-15(19)17-11-16(3,4)5/h6-10,12,14H,11H2,1-5H3,(H2,17,18,19). The van der Waals surface area contributed by atoms with Gasteiger partial charge in [0.25, 0.3) is 0 Å². The van der Waals surface area contributed by atoms with E-state index in [1.807, 2.05) is 18.2 Å². The van der Waals surface area contributed by atoms with Crippen molar-refractivity contribution in [3.8, 4) is 0 Å². The topological polar surface area (TPSA) is 41.1 Å². The van der Waals surface area contributed by atoms with Gasteiger partial charge in [-0.3, -0.25) is 0 Å². The summed E-state index contributed by atoms with van der Waals surface area (Å²) in [5.41, 5.74) is 1.24. The van der Waals surface area contributed by atoms with Crippen molar-refractivity contribution in [3.63, 3.8) is 0 Å². The van der Waals surface area contributed by atoms with Crippen LogP contribution in [0.2, 0.25) is 0 Å². The highest BCUT2D eigenvalue weighted by molar-refractivity contribution is 5.74. The molecule has 1 atom stereocenters. The molecular formula is C16H26N2O. The van der Waals surface area contributed by atoms with E-state index in [1.165, 1.54) is 0 Å². The van der Waals surface area contributed by atoms with Gasteiger partial charge in [-0.1, -0.05) is 65.0 Å². The zero-order valence-electron chi connectivity index (χ0n) is 12.7. The van der Waals surface area contributed by atoms with Crippen LogP contribution < -0.4 is 10.6 Å². The van der Waals surface area contributed by atoms with Gasteiger partial charge in [0.05, 0.1) is 6.04 Å². The summed E-state index contributed by atoms with van der Waals surface area (Å²) in [6, 6.07) is 10.0. The van der Waals surface area contributed by atoms with Gasteiger partial charge in [-0.25, -0.2) is 4.79 Å². The molecule has 0 aliphatic rings. The molecule has 0 saturated carbocycles. The van der Waals surface area contributed by atoms with Crippen LogP contribution in [0.4, 0.5) is 4.79 Å². The molecule has 0 radical (unpaired) electrons. The molecule has 0 aromatic heterocycles. The fraction of sp³-hybridized carbons (Fsp3) is 0.562. The monoisotopic (exact) mass is 262 g/mol. The third-order valence-corrected chi connectivity index (χ3v) is 2.89. The number of urea groups is 1. The van der Waals surface area contributed by atoms with E-state index in [-0.39, 0.29) is 17.5 Å². The lowest BCUT2D eigenvalue weighted by atomic mass is 9.96. The van der Waals surface area contributed by atoms with E-state index in [4.69, 9.17) is 0 Å². The molecule has 1 rings (SSSR count). The van der Waals surface area contributed by atoms with Crippen LogP contribution in [0.15, 0.2) is 30.3 Å². The number of hydrogen-bond acceptors (Lipinski definition) is 1. The van der Waals surface area contributed by atoms with Gasteiger partial charge in [0.1, 0.15) is 0 Å². The van der Waals surface area contributed by atoms with Crippen molar-refractivity contribution in [2.24, 2.45) is 11.3 Å². The van der Waals surface area contributed by atoms with Gasteiger partial charge in [0.2, 0.25) is 0 Å². The molecule has 106 valence electrons. The minimum Gasteiger partial charge on any atom is -0.338 e. The van der Waals surface area contributed by atoms with E-state index >= 15 is 0 Å². The minimum absolute atomic E-state index is 0.0427. The Kier molecular flexibility index (Phi) is 5.40. The van der Waals surface area contributed by atoms with Crippen molar-refractivity contribution < 1.29 is 4.79 Å². The van der Waals surface area contributed by atoms with E-state index < -0.39 is 0 Å². The van der Waals surface area contributed by atoms with E-state index in [0.29, 0.717) is 12.5 Å². The van der Waals surface area contributed by atoms with Crippen LogP contribution in [0.25, 0.3) is 0 Å². The minimum atomic E-state index is -0.0996. The first kappa shape index (κ1) is 15.5. The third-order valence-electron chi connectivity index (χ3n) is 2.89. The Hall–Kier alpha value is -1.51. The quantitative estimate of drug-likeness (QED) is 0.853. The maximum absolute atomic E-state index is 12.0. The fourth-order valence-electron chi connectivity index (χ4n) is 1.83. The van der Waals surface area contributed by atoms with Crippen LogP contribution in [0, 0.1) is 11.3 Å². The predicted octanol–water partition coefficient (Wildman–Crippen LogP) is 3.73. The molecule has 2 N–H and O–H groups in total. The molecule has 1 aromatic carbocycles. The largest absolute Gasteiger partial charge is 0.338 e. The van der Waals surface area contributed by atoms with Crippen molar-refractivity contribution in [2.45, 2.75) is 40.7 Å². The van der Waals surface area contributed by atoms with E-state index in [1.54, 1.807) is 0 Å². The lowest BCUT2D eigenvalue weighted by Crippen LogP contribution is -2.42. The Balaban J connectivity index is 2.63. The van der Waals surface area contributed by atoms with Crippen molar-refractivity contribution in [1.82, 2.24) is 10.6 Å². The second kappa shape index (κ2) is 6.60. The molecule has 0 bridgehead atoms. The second-order valence-corrected chi connectivity index (χ2v) is 6.52. The van der Waals surface area contributed by atoms with Crippen molar-refractivity contribution in [1.29, 1.82) is 0 Å². The van der Waals surface area contributed by atoms with Crippen LogP contribution >= 0.6 is 0 Å². The van der Waals surface area contributed by atoms with Crippen molar-refractivity contribution in [3.05, 3.63) is 35.9 Å². The van der Waals surface area contributed by atoms with Crippen LogP contribution in [0.1, 0.15) is 46.2 Å². The zero-order chi connectivity index (χ0) is 14.5. The maximum atomic E-state index is 12.0. The van der Waals surface area contributed by atoms with E-state index in [2.05, 4.69) is 57.4 Å². The number of rotatable bonds is 4. The Morgan fingerprint density at radius 1 is 1.16 bits per heavy atom. The summed E-state index contributed by atoms with van der Waals surface area (Å²) in [4.78, 5) is 12.0. The second-order valence-electron chi connectivity index (χ2n) is 6.52. The molecule has 3 nitrogen and oxygen atoms in total. The number of benzene rings is 1. The number of amides is 2. The van der Waals surface area contributed by atoms with Crippen LogP contribution in [0.5, 0.6) is 0 Å². The Bertz CT molecular complexity index is 393. The van der Waals surface area contributed by atoms with Gasteiger partial charge in [-0.2, -0.15) is 0 Å². The SMILES string of the molecule is CC(C)C(NC(=O)NCC(C)(C)C)c1ccccc1. The molecule has 0 aliphatic carbocycles. The Labute approximate surface area is 116 Å². The molecule has 0 fully saturated rings. The summed E-state index contributed by atoms with van der Waals surface area (Å²) in [5.74, 6) is 0.350. The summed E-state index contributed by atoms with van der Waals surface area (Å²) < 4.78 is 0. The van der Waals surface area contributed by atoms with Gasteiger partial charge >= 0.3 is 6.03 Å². The maximum Gasteiger partial charge on any atom is 0.315 e. The number of hydrogen-bond donors (Lipinski definition) is 2. The first-order valence-electron chi connectivity index (χ1n) is 6.89. The highest BCUT2D eigenvalue weighted by atomic mass is 16.2. The number of carbonyl (C=O) groups is 1. The molecule has 3 heteroatoms. The fourth-order valence-corrected chi connectivity index (χ4v) is 1.83. The molecule has 1 unspecified atom stereocenters. The van der Waals surface area contributed by atoms with Gasteiger partial charge in [-0.15, -0.1) is 0 Å². The van der Waals surface area contributed by atoms with Gasteiger partial charge in [-0.05, 0) is 16.9 Å².